The molecule has 0 N–H and O–H groups in total. The predicted octanol–water partition coefficient (Wildman–Crippen LogP) is 6.22. The summed E-state index contributed by atoms with van der Waals surface area (Å²) in [6.07, 6.45) is 7.59. The fraction of sp³-hybridized carbons (Fsp3) is 0.533. The lowest BCUT2D eigenvalue weighted by Crippen LogP contribution is -2.46. The molecule has 4 nitrogen and oxygen atoms in total. The fourth-order valence-corrected chi connectivity index (χ4v) is 6.57. The third-order valence-electron chi connectivity index (χ3n) is 8.42. The Morgan fingerprint density at radius 3 is 2.54 bits per heavy atom. The highest BCUT2D eigenvalue weighted by atomic mass is 35.5. The van der Waals surface area contributed by atoms with Gasteiger partial charge < -0.3 is 4.90 Å². The first-order chi connectivity index (χ1) is 17.0. The minimum Gasteiger partial charge on any atom is -0.369 e. The summed E-state index contributed by atoms with van der Waals surface area (Å²) in [7, 11) is 0. The van der Waals surface area contributed by atoms with Crippen LogP contribution in [0.2, 0.25) is 5.02 Å². The summed E-state index contributed by atoms with van der Waals surface area (Å²) in [6.45, 7) is 7.28. The number of carbonyl (C=O) groups is 2. The van der Waals surface area contributed by atoms with Crippen LogP contribution in [-0.4, -0.2) is 49.2 Å². The lowest BCUT2D eigenvalue weighted by atomic mass is 9.67. The Hall–Kier alpha value is -2.17. The largest absolute Gasteiger partial charge is 0.369 e. The molecule has 5 rings (SSSR count). The van der Waals surface area contributed by atoms with Crippen LogP contribution in [-0.2, 0) is 11.2 Å². The molecular formula is C30H37ClN2O2. The highest BCUT2D eigenvalue weighted by Gasteiger charge is 2.37. The molecule has 0 spiro atoms. The van der Waals surface area contributed by atoms with E-state index in [2.05, 4.69) is 34.9 Å². The Balaban J connectivity index is 1.08. The molecule has 0 bridgehead atoms. The van der Waals surface area contributed by atoms with Crippen LogP contribution in [0.4, 0.5) is 5.69 Å². The van der Waals surface area contributed by atoms with Gasteiger partial charge in [-0.25, -0.2) is 0 Å². The molecule has 1 aliphatic heterocycles. The molecule has 3 aliphatic rings. The smallest absolute Gasteiger partial charge is 0.162 e. The quantitative estimate of drug-likeness (QED) is 0.339. The van der Waals surface area contributed by atoms with Crippen molar-refractivity contribution in [3.05, 3.63) is 63.7 Å². The van der Waals surface area contributed by atoms with E-state index in [0.29, 0.717) is 24.5 Å². The first-order valence-corrected chi connectivity index (χ1v) is 13.8. The summed E-state index contributed by atoms with van der Waals surface area (Å²) in [5.41, 5.74) is 5.74. The lowest BCUT2D eigenvalue weighted by Gasteiger charge is -2.37. The monoisotopic (exact) mass is 492 g/mol. The Morgan fingerprint density at radius 1 is 0.971 bits per heavy atom. The topological polar surface area (TPSA) is 40.6 Å². The van der Waals surface area contributed by atoms with Crippen LogP contribution in [0, 0.1) is 12.8 Å². The van der Waals surface area contributed by atoms with E-state index in [0.717, 1.165) is 74.6 Å². The molecule has 5 heteroatoms. The molecule has 1 saturated heterocycles. The highest BCUT2D eigenvalue weighted by molar-refractivity contribution is 6.30. The van der Waals surface area contributed by atoms with Gasteiger partial charge in [0.05, 0.1) is 0 Å². The average Bonchev–Trinajstić information content (AvgIpc) is 2.88. The Morgan fingerprint density at radius 2 is 1.74 bits per heavy atom. The number of anilines is 1. The third kappa shape index (κ3) is 5.49. The van der Waals surface area contributed by atoms with E-state index in [1.54, 1.807) is 0 Å². The second-order valence-electron chi connectivity index (χ2n) is 10.7. The van der Waals surface area contributed by atoms with Crippen molar-refractivity contribution in [3.8, 4) is 0 Å². The van der Waals surface area contributed by atoms with Crippen LogP contribution < -0.4 is 4.90 Å². The van der Waals surface area contributed by atoms with Gasteiger partial charge in [-0.05, 0) is 80.0 Å². The number of halogens is 1. The van der Waals surface area contributed by atoms with Gasteiger partial charge in [0, 0.05) is 61.2 Å². The van der Waals surface area contributed by atoms with Crippen molar-refractivity contribution in [2.45, 2.75) is 64.2 Å². The molecule has 1 saturated carbocycles. The molecule has 2 aromatic carbocycles. The van der Waals surface area contributed by atoms with E-state index < -0.39 is 0 Å². The first-order valence-electron chi connectivity index (χ1n) is 13.4. The molecule has 35 heavy (non-hydrogen) atoms. The molecule has 2 aliphatic carbocycles. The van der Waals surface area contributed by atoms with Gasteiger partial charge >= 0.3 is 0 Å². The Bertz CT molecular complexity index is 1090. The maximum atomic E-state index is 12.9. The van der Waals surface area contributed by atoms with Crippen LogP contribution in [0.1, 0.15) is 77.9 Å². The minimum absolute atomic E-state index is 0.215. The number of fused-ring (bicyclic) bond motifs is 3. The maximum absolute atomic E-state index is 12.9. The molecule has 2 aromatic rings. The number of hydrogen-bond donors (Lipinski definition) is 0. The van der Waals surface area contributed by atoms with Gasteiger partial charge in [-0.3, -0.25) is 14.5 Å². The summed E-state index contributed by atoms with van der Waals surface area (Å²) in [6, 6.07) is 12.3. The van der Waals surface area contributed by atoms with Crippen LogP contribution in [0.3, 0.4) is 0 Å². The van der Waals surface area contributed by atoms with Gasteiger partial charge in [-0.2, -0.15) is 0 Å². The second-order valence-corrected chi connectivity index (χ2v) is 11.1. The van der Waals surface area contributed by atoms with E-state index in [1.807, 2.05) is 18.2 Å². The van der Waals surface area contributed by atoms with Gasteiger partial charge in [0.2, 0.25) is 0 Å². The number of ketones is 2. The van der Waals surface area contributed by atoms with Gasteiger partial charge in [0.15, 0.2) is 5.78 Å². The van der Waals surface area contributed by atoms with Crippen LogP contribution in [0.25, 0.3) is 0 Å². The number of benzene rings is 2. The Kier molecular flexibility index (Phi) is 7.59. The maximum Gasteiger partial charge on any atom is 0.162 e. The molecule has 0 aromatic heterocycles. The predicted molar refractivity (Wildman–Crippen MR) is 143 cm³/mol. The summed E-state index contributed by atoms with van der Waals surface area (Å²) >= 11 is 6.21. The van der Waals surface area contributed by atoms with E-state index in [1.165, 1.54) is 29.7 Å². The molecular weight excluding hydrogens is 456 g/mol. The van der Waals surface area contributed by atoms with Gasteiger partial charge in [-0.15, -0.1) is 0 Å². The summed E-state index contributed by atoms with van der Waals surface area (Å²) in [5.74, 6) is 1.20. The lowest BCUT2D eigenvalue weighted by molar-refractivity contribution is -0.124. The number of unbranched alkanes of at least 4 members (excludes halogenated alkanes) is 1. The zero-order chi connectivity index (χ0) is 24.4. The number of rotatable bonds is 7. The second kappa shape index (κ2) is 10.8. The third-order valence-corrected chi connectivity index (χ3v) is 8.66. The van der Waals surface area contributed by atoms with Crippen molar-refractivity contribution in [1.29, 1.82) is 0 Å². The molecule has 2 atom stereocenters. The van der Waals surface area contributed by atoms with Crippen LogP contribution in [0.15, 0.2) is 36.4 Å². The standard InChI is InChI=1S/C30H37ClN2O2/c1-21-9-11-24(31)20-28(21)33-16-14-32(15-17-33)13-5-4-8-29(34)22-10-12-25-23(18-22)19-30(35)27-7-3-2-6-26(25)27/h9-12,18,20,26-27H,2-8,13-17,19H2,1H3. The number of carbonyl (C=O) groups excluding carboxylic acids is 2. The number of Topliss-reactive ketones (excluding diaryl/α,β-unsaturated/α-hetero) is 2. The summed E-state index contributed by atoms with van der Waals surface area (Å²) in [4.78, 5) is 30.5. The molecule has 2 fully saturated rings. The van der Waals surface area contributed by atoms with Crippen molar-refractivity contribution < 1.29 is 9.59 Å². The van der Waals surface area contributed by atoms with E-state index in [9.17, 15) is 9.59 Å². The van der Waals surface area contributed by atoms with Crippen molar-refractivity contribution in [2.75, 3.05) is 37.6 Å². The molecule has 186 valence electrons. The summed E-state index contributed by atoms with van der Waals surface area (Å²) in [5, 5.41) is 0.793. The zero-order valence-electron chi connectivity index (χ0n) is 20.9. The SMILES string of the molecule is Cc1ccc(Cl)cc1N1CCN(CCCCC(=O)c2ccc3c(c2)CC(=O)C2CCCCC32)CC1. The average molecular weight is 493 g/mol. The fourth-order valence-electron chi connectivity index (χ4n) is 6.40. The van der Waals surface area contributed by atoms with Crippen LogP contribution >= 0.6 is 11.6 Å². The normalized spacial score (nSPS) is 22.6. The molecule has 2 unspecified atom stereocenters. The van der Waals surface area contributed by atoms with E-state index >= 15 is 0 Å². The van der Waals surface area contributed by atoms with Crippen LogP contribution in [0.5, 0.6) is 0 Å². The van der Waals surface area contributed by atoms with Gasteiger partial charge in [0.25, 0.3) is 0 Å². The Labute approximate surface area is 214 Å². The number of hydrogen-bond acceptors (Lipinski definition) is 4. The molecule has 0 radical (unpaired) electrons. The van der Waals surface area contributed by atoms with Gasteiger partial charge in [-0.1, -0.05) is 42.6 Å². The zero-order valence-corrected chi connectivity index (χ0v) is 21.7. The van der Waals surface area contributed by atoms with E-state index in [4.69, 9.17) is 11.6 Å². The van der Waals surface area contributed by atoms with Crippen molar-refractivity contribution >= 4 is 28.9 Å². The van der Waals surface area contributed by atoms with Crippen molar-refractivity contribution in [2.24, 2.45) is 5.92 Å². The van der Waals surface area contributed by atoms with Crippen molar-refractivity contribution in [3.63, 3.8) is 0 Å². The molecule has 0 amide bonds. The number of nitrogens with zero attached hydrogens (tertiary/aromatic N) is 2. The minimum atomic E-state index is 0.215. The number of aryl methyl sites for hydroxylation is 1. The molecule has 1 heterocycles. The highest BCUT2D eigenvalue weighted by Crippen LogP contribution is 2.43. The first kappa shape index (κ1) is 24.5. The summed E-state index contributed by atoms with van der Waals surface area (Å²) < 4.78 is 0. The van der Waals surface area contributed by atoms with E-state index in [-0.39, 0.29) is 11.7 Å². The van der Waals surface area contributed by atoms with Gasteiger partial charge in [0.1, 0.15) is 5.78 Å². The van der Waals surface area contributed by atoms with Crippen molar-refractivity contribution in [1.82, 2.24) is 4.90 Å². The number of piperazine rings is 1.